The number of halogens is 3. The van der Waals surface area contributed by atoms with E-state index < -0.39 is 0 Å². The van der Waals surface area contributed by atoms with Gasteiger partial charge in [0.05, 0.1) is 13.0 Å². The lowest BCUT2D eigenvalue weighted by Crippen LogP contribution is -2.50. The minimum absolute atomic E-state index is 0. The first-order valence-corrected chi connectivity index (χ1v) is 8.59. The van der Waals surface area contributed by atoms with Crippen LogP contribution in [0.5, 0.6) is 5.75 Å². The molecule has 0 aromatic heterocycles. The molecule has 0 bridgehead atoms. The molecule has 2 saturated heterocycles. The third-order valence-electron chi connectivity index (χ3n) is 4.73. The van der Waals surface area contributed by atoms with Gasteiger partial charge in [-0.15, -0.1) is 24.8 Å². The van der Waals surface area contributed by atoms with Gasteiger partial charge in [0.2, 0.25) is 5.91 Å². The molecule has 8 heteroatoms. The quantitative estimate of drug-likeness (QED) is 0.828. The van der Waals surface area contributed by atoms with E-state index in [0.29, 0.717) is 5.91 Å². The minimum atomic E-state index is 0. The number of carbonyl (C=O) groups is 1. The van der Waals surface area contributed by atoms with Crippen LogP contribution < -0.4 is 10.1 Å². The van der Waals surface area contributed by atoms with E-state index in [9.17, 15) is 4.79 Å². The van der Waals surface area contributed by atoms with Crippen molar-refractivity contribution in [2.75, 3.05) is 46.4 Å². The molecule has 0 radical (unpaired) electrons. The number of nitrogens with zero attached hydrogens (tertiary/aromatic N) is 2. The van der Waals surface area contributed by atoms with Gasteiger partial charge in [-0.05, 0) is 31.2 Å². The summed E-state index contributed by atoms with van der Waals surface area (Å²) in [4.78, 5) is 16.8. The summed E-state index contributed by atoms with van der Waals surface area (Å²) in [5, 5.41) is 3.99. The van der Waals surface area contributed by atoms with Crippen LogP contribution in [-0.4, -0.2) is 62.1 Å². The van der Waals surface area contributed by atoms with Crippen LogP contribution in [0.2, 0.25) is 5.02 Å². The first kappa shape index (κ1) is 22.3. The lowest BCUT2D eigenvalue weighted by Gasteiger charge is -2.36. The molecular formula is C17H26Cl3N3O2. The zero-order valence-electron chi connectivity index (χ0n) is 14.4. The number of carbonyl (C=O) groups excluding carboxylic acids is 1. The Labute approximate surface area is 166 Å². The minimum Gasteiger partial charge on any atom is -0.496 e. The van der Waals surface area contributed by atoms with Crippen LogP contribution in [0.15, 0.2) is 18.2 Å². The largest absolute Gasteiger partial charge is 0.496 e. The maximum atomic E-state index is 12.4. The highest BCUT2D eigenvalue weighted by molar-refractivity contribution is 6.30. The van der Waals surface area contributed by atoms with E-state index in [2.05, 4.69) is 10.2 Å². The van der Waals surface area contributed by atoms with E-state index in [1.807, 2.05) is 23.1 Å². The molecule has 25 heavy (non-hydrogen) atoms. The van der Waals surface area contributed by atoms with Crippen molar-refractivity contribution < 1.29 is 9.53 Å². The Hall–Kier alpha value is -0.720. The maximum Gasteiger partial charge on any atom is 0.227 e. The molecule has 3 rings (SSSR count). The Balaban J connectivity index is 0.00000156. The molecule has 1 unspecified atom stereocenters. The van der Waals surface area contributed by atoms with Crippen LogP contribution in [0.25, 0.3) is 0 Å². The average Bonchev–Trinajstić information content (AvgIpc) is 3.10. The molecule has 0 saturated carbocycles. The number of piperazine rings is 1. The van der Waals surface area contributed by atoms with Crippen molar-refractivity contribution in [3.63, 3.8) is 0 Å². The van der Waals surface area contributed by atoms with Crippen LogP contribution >= 0.6 is 36.4 Å². The summed E-state index contributed by atoms with van der Waals surface area (Å²) in [6.07, 6.45) is 0.971. The summed E-state index contributed by atoms with van der Waals surface area (Å²) < 4.78 is 5.41. The fourth-order valence-corrected chi connectivity index (χ4v) is 3.56. The third kappa shape index (κ3) is 5.63. The fourth-order valence-electron chi connectivity index (χ4n) is 3.36. The highest BCUT2D eigenvalue weighted by Crippen LogP contribution is 2.24. The zero-order chi connectivity index (χ0) is 16.2. The highest BCUT2D eigenvalue weighted by Gasteiger charge is 2.29. The second-order valence-corrected chi connectivity index (χ2v) is 6.68. The van der Waals surface area contributed by atoms with Crippen molar-refractivity contribution in [2.45, 2.75) is 13.0 Å². The lowest BCUT2D eigenvalue weighted by molar-refractivity contribution is -0.136. The number of methoxy groups -OCH3 is 1. The highest BCUT2D eigenvalue weighted by atomic mass is 35.5. The Morgan fingerprint density at radius 3 is 2.60 bits per heavy atom. The van der Waals surface area contributed by atoms with Gasteiger partial charge in [0.1, 0.15) is 5.75 Å². The standard InChI is InChI=1S/C17H24ClN3O2.2ClH/c1-23-16-3-2-15(18)10-14(16)12-20-6-8-21(9-7-20)17(22)13-4-5-19-11-13;;/h2-3,10,13,19H,4-9,11-12H2,1H3;2*1H. The van der Waals surface area contributed by atoms with Crippen molar-refractivity contribution in [1.29, 1.82) is 0 Å². The second kappa shape index (κ2) is 10.4. The summed E-state index contributed by atoms with van der Waals surface area (Å²) >= 11 is 6.10. The van der Waals surface area contributed by atoms with Crippen molar-refractivity contribution in [2.24, 2.45) is 5.92 Å². The molecule has 0 aliphatic carbocycles. The van der Waals surface area contributed by atoms with Gasteiger partial charge in [-0.25, -0.2) is 0 Å². The van der Waals surface area contributed by atoms with Crippen molar-refractivity contribution in [1.82, 2.24) is 15.1 Å². The molecule has 2 aliphatic heterocycles. The Bertz CT molecular complexity index is 560. The molecule has 1 amide bonds. The smallest absolute Gasteiger partial charge is 0.227 e. The van der Waals surface area contributed by atoms with Crippen LogP contribution in [0.1, 0.15) is 12.0 Å². The molecule has 1 N–H and O–H groups in total. The predicted octanol–water partition coefficient (Wildman–Crippen LogP) is 2.45. The van der Waals surface area contributed by atoms with Gasteiger partial charge in [-0.1, -0.05) is 11.6 Å². The van der Waals surface area contributed by atoms with Crippen LogP contribution in [0.4, 0.5) is 0 Å². The Morgan fingerprint density at radius 2 is 2.00 bits per heavy atom. The van der Waals surface area contributed by atoms with E-state index in [-0.39, 0.29) is 30.7 Å². The number of nitrogens with one attached hydrogen (secondary N) is 1. The number of ether oxygens (including phenoxy) is 1. The van der Waals surface area contributed by atoms with Crippen molar-refractivity contribution in [3.05, 3.63) is 28.8 Å². The fraction of sp³-hybridized carbons (Fsp3) is 0.588. The molecule has 0 spiro atoms. The normalized spacial score (nSPS) is 20.6. The number of rotatable bonds is 4. The summed E-state index contributed by atoms with van der Waals surface area (Å²) in [5.74, 6) is 1.36. The molecular weight excluding hydrogens is 385 g/mol. The average molecular weight is 411 g/mol. The summed E-state index contributed by atoms with van der Waals surface area (Å²) in [6, 6.07) is 5.71. The van der Waals surface area contributed by atoms with Gasteiger partial charge in [0, 0.05) is 49.9 Å². The number of amides is 1. The molecule has 5 nitrogen and oxygen atoms in total. The van der Waals surface area contributed by atoms with Crippen LogP contribution in [0.3, 0.4) is 0 Å². The van der Waals surface area contributed by atoms with Gasteiger partial charge in [0.25, 0.3) is 0 Å². The summed E-state index contributed by atoms with van der Waals surface area (Å²) in [7, 11) is 1.68. The van der Waals surface area contributed by atoms with Crippen molar-refractivity contribution in [3.8, 4) is 5.75 Å². The Kier molecular flexibility index (Phi) is 9.32. The molecule has 1 aromatic rings. The Morgan fingerprint density at radius 1 is 1.28 bits per heavy atom. The summed E-state index contributed by atoms with van der Waals surface area (Å²) in [5.41, 5.74) is 1.10. The first-order chi connectivity index (χ1) is 11.2. The van der Waals surface area contributed by atoms with E-state index in [0.717, 1.165) is 68.6 Å². The first-order valence-electron chi connectivity index (χ1n) is 8.21. The molecule has 1 aromatic carbocycles. The number of hydrogen-bond acceptors (Lipinski definition) is 4. The van der Waals surface area contributed by atoms with E-state index >= 15 is 0 Å². The molecule has 2 fully saturated rings. The van der Waals surface area contributed by atoms with E-state index in [4.69, 9.17) is 16.3 Å². The zero-order valence-corrected chi connectivity index (χ0v) is 16.8. The third-order valence-corrected chi connectivity index (χ3v) is 4.97. The van der Waals surface area contributed by atoms with E-state index in [1.54, 1.807) is 7.11 Å². The summed E-state index contributed by atoms with van der Waals surface area (Å²) in [6.45, 7) is 5.99. The van der Waals surface area contributed by atoms with Gasteiger partial charge in [-0.2, -0.15) is 0 Å². The molecule has 142 valence electrons. The lowest BCUT2D eigenvalue weighted by atomic mass is 10.1. The van der Waals surface area contributed by atoms with Crippen molar-refractivity contribution >= 4 is 42.3 Å². The van der Waals surface area contributed by atoms with Crippen LogP contribution in [0, 0.1) is 5.92 Å². The van der Waals surface area contributed by atoms with E-state index in [1.165, 1.54) is 0 Å². The molecule has 1 atom stereocenters. The second-order valence-electron chi connectivity index (χ2n) is 6.25. The van der Waals surface area contributed by atoms with Gasteiger partial charge < -0.3 is 15.0 Å². The van der Waals surface area contributed by atoms with Gasteiger partial charge in [0.15, 0.2) is 0 Å². The predicted molar refractivity (Wildman–Crippen MR) is 105 cm³/mol. The monoisotopic (exact) mass is 409 g/mol. The van der Waals surface area contributed by atoms with Crippen LogP contribution in [-0.2, 0) is 11.3 Å². The molecule has 2 aliphatic rings. The number of benzene rings is 1. The SMILES string of the molecule is COc1ccc(Cl)cc1CN1CCN(C(=O)C2CCNC2)CC1.Cl.Cl. The number of hydrogen-bond donors (Lipinski definition) is 1. The molecule has 2 heterocycles. The maximum absolute atomic E-state index is 12.4. The topological polar surface area (TPSA) is 44.8 Å². The van der Waals surface area contributed by atoms with Gasteiger partial charge >= 0.3 is 0 Å². The van der Waals surface area contributed by atoms with Gasteiger partial charge in [-0.3, -0.25) is 9.69 Å².